The predicted molar refractivity (Wildman–Crippen MR) is 126 cm³/mol. The van der Waals surface area contributed by atoms with Crippen LogP contribution in [-0.2, 0) is 14.8 Å². The maximum atomic E-state index is 13.2. The number of hydrogen-bond donors (Lipinski definition) is 1. The van der Waals surface area contributed by atoms with E-state index in [4.69, 9.17) is 0 Å². The second-order valence-corrected chi connectivity index (χ2v) is 10.5. The van der Waals surface area contributed by atoms with Crippen molar-refractivity contribution in [2.75, 3.05) is 26.2 Å². The molecule has 0 radical (unpaired) electrons. The summed E-state index contributed by atoms with van der Waals surface area (Å²) < 4.78 is 27.1. The van der Waals surface area contributed by atoms with E-state index in [0.717, 1.165) is 11.6 Å². The molecule has 0 spiro atoms. The molecular formula is C23H28N4O6S. The quantitative estimate of drug-likeness (QED) is 0.470. The van der Waals surface area contributed by atoms with Gasteiger partial charge in [-0.25, -0.2) is 8.42 Å². The number of carbonyl (C=O) groups excluding carboxylic acids is 2. The highest BCUT2D eigenvalue weighted by Gasteiger charge is 2.34. The predicted octanol–water partition coefficient (Wildman–Crippen LogP) is 2.19. The van der Waals surface area contributed by atoms with Crippen molar-refractivity contribution in [2.45, 2.75) is 31.7 Å². The lowest BCUT2D eigenvalue weighted by Gasteiger charge is -2.36. The number of rotatable bonds is 7. The number of nitrogens with zero attached hydrogens (tertiary/aromatic N) is 3. The van der Waals surface area contributed by atoms with E-state index in [1.165, 1.54) is 22.5 Å². The van der Waals surface area contributed by atoms with E-state index in [2.05, 4.69) is 5.32 Å². The number of hydrogen-bond acceptors (Lipinski definition) is 6. The SMILES string of the molecule is Cc1ccc(C(=O)N[C@H](C(=O)N2CCN(S(=O)(=O)c3cccc([N+](=O)[O-])c3)CC2)C(C)C)cc1. The minimum atomic E-state index is -3.94. The molecule has 0 aliphatic carbocycles. The Balaban J connectivity index is 1.67. The number of non-ortho nitro benzene ring substituents is 1. The zero-order valence-corrected chi connectivity index (χ0v) is 20.1. The Kier molecular flexibility index (Phi) is 7.68. The van der Waals surface area contributed by atoms with Crippen LogP contribution >= 0.6 is 0 Å². The molecule has 1 aliphatic rings. The lowest BCUT2D eigenvalue weighted by atomic mass is 10.0. The molecule has 10 nitrogen and oxygen atoms in total. The van der Waals surface area contributed by atoms with Gasteiger partial charge in [0.15, 0.2) is 0 Å². The minimum Gasteiger partial charge on any atom is -0.340 e. The third-order valence-electron chi connectivity index (χ3n) is 5.75. The number of carbonyl (C=O) groups is 2. The fraction of sp³-hybridized carbons (Fsp3) is 0.391. The third-order valence-corrected chi connectivity index (χ3v) is 7.64. The zero-order chi connectivity index (χ0) is 25.0. The number of nitrogens with one attached hydrogen (secondary N) is 1. The third kappa shape index (κ3) is 5.60. The van der Waals surface area contributed by atoms with Crippen LogP contribution in [-0.4, -0.2) is 66.6 Å². The monoisotopic (exact) mass is 488 g/mol. The molecule has 11 heteroatoms. The van der Waals surface area contributed by atoms with Gasteiger partial charge in [-0.2, -0.15) is 4.31 Å². The molecule has 182 valence electrons. The van der Waals surface area contributed by atoms with E-state index in [1.807, 2.05) is 32.9 Å². The Hall–Kier alpha value is -3.31. The van der Waals surface area contributed by atoms with Gasteiger partial charge in [0, 0.05) is 43.9 Å². The fourth-order valence-corrected chi connectivity index (χ4v) is 5.16. The first-order chi connectivity index (χ1) is 16.0. The standard InChI is InChI=1S/C23H28N4O6S/c1-16(2)21(24-22(28)18-9-7-17(3)8-10-18)23(29)25-11-13-26(14-12-25)34(32,33)20-6-4-5-19(15-20)27(30)31/h4-10,15-16,21H,11-14H2,1-3H3,(H,24,28)/t21-/m0/s1. The Morgan fingerprint density at radius 2 is 1.65 bits per heavy atom. The Labute approximate surface area is 198 Å². The van der Waals surface area contributed by atoms with Gasteiger partial charge in [0.1, 0.15) is 6.04 Å². The summed E-state index contributed by atoms with van der Waals surface area (Å²) in [6, 6.07) is 11.2. The van der Waals surface area contributed by atoms with Crippen molar-refractivity contribution in [3.05, 3.63) is 69.8 Å². The van der Waals surface area contributed by atoms with Gasteiger partial charge in [0.25, 0.3) is 11.6 Å². The van der Waals surface area contributed by atoms with Crippen molar-refractivity contribution in [1.82, 2.24) is 14.5 Å². The summed E-state index contributed by atoms with van der Waals surface area (Å²) in [5.41, 5.74) is 1.17. The van der Waals surface area contributed by atoms with Gasteiger partial charge < -0.3 is 10.2 Å². The van der Waals surface area contributed by atoms with Gasteiger partial charge in [-0.1, -0.05) is 37.6 Å². The molecule has 1 heterocycles. The number of piperazine rings is 1. The number of aryl methyl sites for hydroxylation is 1. The van der Waals surface area contributed by atoms with Gasteiger partial charge in [0.05, 0.1) is 9.82 Å². The van der Waals surface area contributed by atoms with Gasteiger partial charge in [-0.3, -0.25) is 19.7 Å². The van der Waals surface area contributed by atoms with Crippen LogP contribution in [0.4, 0.5) is 5.69 Å². The van der Waals surface area contributed by atoms with Crippen molar-refractivity contribution in [2.24, 2.45) is 5.92 Å². The van der Waals surface area contributed by atoms with Crippen molar-refractivity contribution < 1.29 is 22.9 Å². The van der Waals surface area contributed by atoms with Crippen LogP contribution in [0.2, 0.25) is 0 Å². The summed E-state index contributed by atoms with van der Waals surface area (Å²) >= 11 is 0. The summed E-state index contributed by atoms with van der Waals surface area (Å²) in [5.74, 6) is -0.796. The number of nitro benzene ring substituents is 1. The number of sulfonamides is 1. The number of amides is 2. The molecule has 1 fully saturated rings. The number of nitro groups is 1. The molecule has 1 atom stereocenters. The van der Waals surface area contributed by atoms with E-state index in [9.17, 15) is 28.1 Å². The summed E-state index contributed by atoms with van der Waals surface area (Å²) in [4.78, 5) is 37.6. The van der Waals surface area contributed by atoms with Crippen LogP contribution in [0.25, 0.3) is 0 Å². The molecule has 1 aliphatic heterocycles. The van der Waals surface area contributed by atoms with Crippen molar-refractivity contribution in [1.29, 1.82) is 0 Å². The summed E-state index contributed by atoms with van der Waals surface area (Å²) in [5, 5.41) is 13.8. The first-order valence-electron chi connectivity index (χ1n) is 10.9. The average Bonchev–Trinajstić information content (AvgIpc) is 2.82. The first-order valence-corrected chi connectivity index (χ1v) is 12.4. The molecule has 2 aromatic carbocycles. The van der Waals surface area contributed by atoms with Crippen molar-refractivity contribution >= 4 is 27.5 Å². The van der Waals surface area contributed by atoms with Crippen LogP contribution in [0.5, 0.6) is 0 Å². The maximum absolute atomic E-state index is 13.2. The Morgan fingerprint density at radius 3 is 2.21 bits per heavy atom. The molecule has 0 unspecified atom stereocenters. The first kappa shape index (κ1) is 25.3. The zero-order valence-electron chi connectivity index (χ0n) is 19.3. The van der Waals surface area contributed by atoms with Gasteiger partial charge in [-0.15, -0.1) is 0 Å². The lowest BCUT2D eigenvalue weighted by Crippen LogP contribution is -2.57. The highest BCUT2D eigenvalue weighted by atomic mass is 32.2. The van der Waals surface area contributed by atoms with Crippen LogP contribution in [0.15, 0.2) is 53.4 Å². The molecule has 2 aromatic rings. The van der Waals surface area contributed by atoms with Gasteiger partial charge >= 0.3 is 0 Å². The molecule has 0 bridgehead atoms. The fourth-order valence-electron chi connectivity index (χ4n) is 3.70. The smallest absolute Gasteiger partial charge is 0.270 e. The minimum absolute atomic E-state index is 0.0491. The number of benzene rings is 2. The molecule has 0 saturated carbocycles. The Bertz CT molecular complexity index is 1170. The highest BCUT2D eigenvalue weighted by molar-refractivity contribution is 7.89. The van der Waals surface area contributed by atoms with Crippen molar-refractivity contribution in [3.8, 4) is 0 Å². The molecule has 34 heavy (non-hydrogen) atoms. The summed E-state index contributed by atoms with van der Waals surface area (Å²) in [6.45, 7) is 5.98. The van der Waals surface area contributed by atoms with Crippen LogP contribution in [0.1, 0.15) is 29.8 Å². The largest absolute Gasteiger partial charge is 0.340 e. The topological polar surface area (TPSA) is 130 Å². The van der Waals surface area contributed by atoms with Crippen LogP contribution < -0.4 is 5.32 Å². The molecule has 1 saturated heterocycles. The molecule has 3 rings (SSSR count). The highest BCUT2D eigenvalue weighted by Crippen LogP contribution is 2.22. The van der Waals surface area contributed by atoms with E-state index in [-0.39, 0.29) is 54.5 Å². The van der Waals surface area contributed by atoms with Crippen LogP contribution in [0, 0.1) is 23.0 Å². The molecular weight excluding hydrogens is 460 g/mol. The molecule has 2 amide bonds. The van der Waals surface area contributed by atoms with Gasteiger partial charge in [0.2, 0.25) is 15.9 Å². The molecule has 1 N–H and O–H groups in total. The van der Waals surface area contributed by atoms with E-state index >= 15 is 0 Å². The van der Waals surface area contributed by atoms with E-state index in [1.54, 1.807) is 17.0 Å². The van der Waals surface area contributed by atoms with Gasteiger partial charge in [-0.05, 0) is 31.0 Å². The summed E-state index contributed by atoms with van der Waals surface area (Å²) in [6.07, 6.45) is 0. The van der Waals surface area contributed by atoms with E-state index in [0.29, 0.717) is 5.56 Å². The normalized spacial score (nSPS) is 15.7. The Morgan fingerprint density at radius 1 is 1.03 bits per heavy atom. The summed E-state index contributed by atoms with van der Waals surface area (Å²) in [7, 11) is -3.94. The second-order valence-electron chi connectivity index (χ2n) is 8.55. The lowest BCUT2D eigenvalue weighted by molar-refractivity contribution is -0.385. The van der Waals surface area contributed by atoms with Crippen LogP contribution in [0.3, 0.4) is 0 Å². The average molecular weight is 489 g/mol. The second kappa shape index (κ2) is 10.3. The van der Waals surface area contributed by atoms with Crippen molar-refractivity contribution in [3.63, 3.8) is 0 Å². The maximum Gasteiger partial charge on any atom is 0.270 e. The molecule has 0 aromatic heterocycles. The van der Waals surface area contributed by atoms with E-state index < -0.39 is 21.0 Å².